The summed E-state index contributed by atoms with van der Waals surface area (Å²) in [5, 5.41) is 0. The molecule has 0 bridgehead atoms. The van der Waals surface area contributed by atoms with Crippen molar-refractivity contribution in [1.29, 1.82) is 0 Å². The van der Waals surface area contributed by atoms with Crippen LogP contribution in [0.3, 0.4) is 0 Å². The van der Waals surface area contributed by atoms with E-state index in [0.29, 0.717) is 6.54 Å². The maximum Gasteiger partial charge on any atom is 0.108 e. The highest BCUT2D eigenvalue weighted by atomic mass is 15.1. The number of nitrogens with zero attached hydrogens (tertiary/aromatic N) is 2. The van der Waals surface area contributed by atoms with E-state index in [-0.39, 0.29) is 0 Å². The highest BCUT2D eigenvalue weighted by Crippen LogP contribution is 2.08. The minimum absolute atomic E-state index is 0.678. The second-order valence-electron chi connectivity index (χ2n) is 4.25. The van der Waals surface area contributed by atoms with Gasteiger partial charge in [-0.15, -0.1) is 0 Å². The van der Waals surface area contributed by atoms with Crippen LogP contribution in [-0.4, -0.2) is 16.1 Å². The third-order valence-corrected chi connectivity index (χ3v) is 3.06. The maximum atomic E-state index is 5.56. The quantitative estimate of drug-likeness (QED) is 0.848. The molecule has 0 atom stereocenters. The van der Waals surface area contributed by atoms with Crippen molar-refractivity contribution in [1.82, 2.24) is 9.55 Å². The average Bonchev–Trinajstić information content (AvgIpc) is 2.70. The average molecular weight is 229 g/mol. The first-order chi connectivity index (χ1) is 8.31. The second-order valence-corrected chi connectivity index (χ2v) is 4.25. The Labute approximate surface area is 102 Å². The fourth-order valence-corrected chi connectivity index (χ4v) is 2.00. The Morgan fingerprint density at radius 1 is 1.12 bits per heavy atom. The van der Waals surface area contributed by atoms with Crippen molar-refractivity contribution in [3.8, 4) is 0 Å². The van der Waals surface area contributed by atoms with Crippen LogP contribution in [0.15, 0.2) is 36.5 Å². The minimum Gasteiger partial charge on any atom is -0.335 e. The monoisotopic (exact) mass is 229 g/mol. The molecule has 0 radical (unpaired) electrons. The summed E-state index contributed by atoms with van der Waals surface area (Å²) in [4.78, 5) is 4.46. The normalized spacial score (nSPS) is 10.7. The van der Waals surface area contributed by atoms with Gasteiger partial charge >= 0.3 is 0 Å². The summed E-state index contributed by atoms with van der Waals surface area (Å²) >= 11 is 0. The minimum atomic E-state index is 0.678. The van der Waals surface area contributed by atoms with Gasteiger partial charge in [0.15, 0.2) is 0 Å². The Balaban J connectivity index is 2.00. The summed E-state index contributed by atoms with van der Waals surface area (Å²) in [7, 11) is 2.07. The molecule has 3 nitrogen and oxygen atoms in total. The number of nitrogens with two attached hydrogens (primary N) is 1. The lowest BCUT2D eigenvalue weighted by molar-refractivity contribution is 0.730. The van der Waals surface area contributed by atoms with Crippen LogP contribution in [0.1, 0.15) is 17.1 Å². The Bertz CT molecular complexity index is 460. The van der Waals surface area contributed by atoms with Crippen molar-refractivity contribution in [2.75, 3.05) is 6.54 Å². The zero-order valence-electron chi connectivity index (χ0n) is 10.3. The topological polar surface area (TPSA) is 43.8 Å². The molecule has 1 aromatic carbocycles. The van der Waals surface area contributed by atoms with Crippen molar-refractivity contribution < 1.29 is 0 Å². The highest BCUT2D eigenvalue weighted by molar-refractivity contribution is 5.16. The van der Waals surface area contributed by atoms with E-state index in [2.05, 4.69) is 40.9 Å². The van der Waals surface area contributed by atoms with Crippen molar-refractivity contribution in [3.05, 3.63) is 53.6 Å². The molecule has 0 spiro atoms. The number of rotatable bonds is 5. The molecule has 0 saturated carbocycles. The Kier molecular flexibility index (Phi) is 3.94. The van der Waals surface area contributed by atoms with Crippen LogP contribution < -0.4 is 5.73 Å². The van der Waals surface area contributed by atoms with Crippen molar-refractivity contribution in [2.24, 2.45) is 12.8 Å². The van der Waals surface area contributed by atoms with Gasteiger partial charge in [-0.3, -0.25) is 0 Å². The summed E-state index contributed by atoms with van der Waals surface area (Å²) in [6.07, 6.45) is 4.85. The largest absolute Gasteiger partial charge is 0.335 e. The highest BCUT2D eigenvalue weighted by Gasteiger charge is 2.05. The zero-order chi connectivity index (χ0) is 12.1. The predicted molar refractivity (Wildman–Crippen MR) is 69.8 cm³/mol. The first-order valence-corrected chi connectivity index (χ1v) is 6.04. The molecule has 2 rings (SSSR count). The molecular formula is C14H19N3. The molecule has 17 heavy (non-hydrogen) atoms. The SMILES string of the molecule is Cn1c(CCN)cnc1CCc1ccccc1. The van der Waals surface area contributed by atoms with Gasteiger partial charge in [0.05, 0.1) is 0 Å². The van der Waals surface area contributed by atoms with E-state index < -0.39 is 0 Å². The standard InChI is InChI=1S/C14H19N3/c1-17-13(9-10-15)11-16-14(17)8-7-12-5-3-2-4-6-12/h2-6,11H,7-10,15H2,1H3. The van der Waals surface area contributed by atoms with Crippen LogP contribution in [0, 0.1) is 0 Å². The molecule has 2 N–H and O–H groups in total. The lowest BCUT2D eigenvalue weighted by atomic mass is 10.1. The number of aromatic nitrogens is 2. The van der Waals surface area contributed by atoms with Crippen LogP contribution in [0.25, 0.3) is 0 Å². The number of aryl methyl sites for hydroxylation is 2. The molecule has 90 valence electrons. The van der Waals surface area contributed by atoms with E-state index in [0.717, 1.165) is 25.1 Å². The molecule has 1 aromatic heterocycles. The molecule has 0 saturated heterocycles. The summed E-state index contributed by atoms with van der Waals surface area (Å²) in [6, 6.07) is 10.5. The van der Waals surface area contributed by atoms with Crippen molar-refractivity contribution in [2.45, 2.75) is 19.3 Å². The number of imidazole rings is 1. The number of hydrogen-bond acceptors (Lipinski definition) is 2. The Morgan fingerprint density at radius 2 is 1.88 bits per heavy atom. The van der Waals surface area contributed by atoms with E-state index in [1.54, 1.807) is 0 Å². The summed E-state index contributed by atoms with van der Waals surface area (Å²) in [5.74, 6) is 1.14. The number of benzene rings is 1. The van der Waals surface area contributed by atoms with Crippen molar-refractivity contribution >= 4 is 0 Å². The molecule has 2 aromatic rings. The van der Waals surface area contributed by atoms with Gasteiger partial charge in [0.2, 0.25) is 0 Å². The van der Waals surface area contributed by atoms with Gasteiger partial charge < -0.3 is 10.3 Å². The molecule has 0 aliphatic carbocycles. The summed E-state index contributed by atoms with van der Waals surface area (Å²) in [5.41, 5.74) is 8.14. The van der Waals surface area contributed by atoms with E-state index in [1.807, 2.05) is 12.3 Å². The van der Waals surface area contributed by atoms with Gasteiger partial charge in [0.1, 0.15) is 5.82 Å². The first-order valence-electron chi connectivity index (χ1n) is 6.04. The lowest BCUT2D eigenvalue weighted by Gasteiger charge is -2.05. The van der Waals surface area contributed by atoms with Crippen LogP contribution in [0.5, 0.6) is 0 Å². The smallest absolute Gasteiger partial charge is 0.108 e. The van der Waals surface area contributed by atoms with E-state index >= 15 is 0 Å². The predicted octanol–water partition coefficient (Wildman–Crippen LogP) is 1.71. The Morgan fingerprint density at radius 3 is 2.59 bits per heavy atom. The van der Waals surface area contributed by atoms with Gasteiger partial charge in [-0.25, -0.2) is 4.98 Å². The van der Waals surface area contributed by atoms with E-state index in [9.17, 15) is 0 Å². The summed E-state index contributed by atoms with van der Waals surface area (Å²) < 4.78 is 2.16. The van der Waals surface area contributed by atoms with Gasteiger partial charge in [-0.1, -0.05) is 30.3 Å². The van der Waals surface area contributed by atoms with Gasteiger partial charge in [-0.05, 0) is 18.5 Å². The van der Waals surface area contributed by atoms with Crippen LogP contribution >= 0.6 is 0 Å². The van der Waals surface area contributed by atoms with E-state index in [1.165, 1.54) is 11.3 Å². The molecule has 0 aliphatic rings. The van der Waals surface area contributed by atoms with Crippen LogP contribution in [0.2, 0.25) is 0 Å². The second kappa shape index (κ2) is 5.64. The third-order valence-electron chi connectivity index (χ3n) is 3.06. The molecule has 0 unspecified atom stereocenters. The third kappa shape index (κ3) is 2.94. The molecule has 0 fully saturated rings. The molecule has 1 heterocycles. The molecule has 0 aliphatic heterocycles. The zero-order valence-corrected chi connectivity index (χ0v) is 10.3. The van der Waals surface area contributed by atoms with Crippen LogP contribution in [-0.2, 0) is 26.3 Å². The molecule has 3 heteroatoms. The van der Waals surface area contributed by atoms with Crippen LogP contribution in [0.4, 0.5) is 0 Å². The first kappa shape index (κ1) is 11.9. The van der Waals surface area contributed by atoms with Gasteiger partial charge in [0, 0.05) is 31.8 Å². The molecular weight excluding hydrogens is 210 g/mol. The van der Waals surface area contributed by atoms with Gasteiger partial charge in [0.25, 0.3) is 0 Å². The molecule has 0 amide bonds. The van der Waals surface area contributed by atoms with E-state index in [4.69, 9.17) is 5.73 Å². The maximum absolute atomic E-state index is 5.56. The number of hydrogen-bond donors (Lipinski definition) is 1. The Hall–Kier alpha value is -1.61. The summed E-state index contributed by atoms with van der Waals surface area (Å²) in [6.45, 7) is 0.678. The van der Waals surface area contributed by atoms with Gasteiger partial charge in [-0.2, -0.15) is 0 Å². The lowest BCUT2D eigenvalue weighted by Crippen LogP contribution is -2.08. The van der Waals surface area contributed by atoms with Crippen molar-refractivity contribution in [3.63, 3.8) is 0 Å². The fraction of sp³-hybridized carbons (Fsp3) is 0.357. The fourth-order valence-electron chi connectivity index (χ4n) is 2.00.